The zero-order chi connectivity index (χ0) is 10.7. The van der Waals surface area contributed by atoms with Crippen LogP contribution in [0.15, 0.2) is 10.8 Å². The molecule has 0 amide bonds. The lowest BCUT2D eigenvalue weighted by molar-refractivity contribution is 0.0591. The molecule has 0 spiro atoms. The van der Waals surface area contributed by atoms with E-state index < -0.39 is 5.97 Å². The molecule has 82 valence electrons. The first-order valence-corrected chi connectivity index (χ1v) is 5.05. The van der Waals surface area contributed by atoms with Crippen LogP contribution in [0.25, 0.3) is 0 Å². The number of nitrogens with one attached hydrogen (secondary N) is 1. The number of carbonyl (C=O) groups excluding carboxylic acids is 1. The highest BCUT2D eigenvalue weighted by atomic mass is 16.5. The highest BCUT2D eigenvalue weighted by Crippen LogP contribution is 2.25. The molecule has 1 aromatic rings. The molecular formula is C10H14N2O3. The molecule has 0 aliphatic carbocycles. The Morgan fingerprint density at radius 1 is 1.73 bits per heavy atom. The van der Waals surface area contributed by atoms with Gasteiger partial charge in [-0.1, -0.05) is 0 Å². The van der Waals surface area contributed by atoms with E-state index in [9.17, 15) is 4.79 Å². The Morgan fingerprint density at radius 2 is 2.60 bits per heavy atom. The van der Waals surface area contributed by atoms with Gasteiger partial charge in [0.15, 0.2) is 12.1 Å². The van der Waals surface area contributed by atoms with E-state index in [1.807, 2.05) is 0 Å². The van der Waals surface area contributed by atoms with Crippen molar-refractivity contribution in [2.45, 2.75) is 18.8 Å². The van der Waals surface area contributed by atoms with Crippen molar-refractivity contribution >= 4 is 5.97 Å². The molecule has 1 N–H and O–H groups in total. The van der Waals surface area contributed by atoms with Crippen molar-refractivity contribution in [2.24, 2.45) is 0 Å². The number of methoxy groups -OCH3 is 1. The predicted octanol–water partition coefficient (Wildman–Crippen LogP) is 0.928. The maximum Gasteiger partial charge on any atom is 0.360 e. The molecule has 1 aliphatic rings. The molecule has 1 unspecified atom stereocenters. The molecule has 0 saturated carbocycles. The largest absolute Gasteiger partial charge is 0.464 e. The minimum Gasteiger partial charge on any atom is -0.464 e. The molecule has 1 aromatic heterocycles. The summed E-state index contributed by atoms with van der Waals surface area (Å²) in [6, 6.07) is 0. The van der Waals surface area contributed by atoms with Crippen LogP contribution >= 0.6 is 0 Å². The van der Waals surface area contributed by atoms with Crippen molar-refractivity contribution < 1.29 is 13.9 Å². The molecule has 1 atom stereocenters. The van der Waals surface area contributed by atoms with E-state index in [2.05, 4.69) is 15.0 Å². The summed E-state index contributed by atoms with van der Waals surface area (Å²) < 4.78 is 9.92. The van der Waals surface area contributed by atoms with Gasteiger partial charge < -0.3 is 14.5 Å². The average molecular weight is 210 g/mol. The Bertz CT molecular complexity index is 342. The Morgan fingerprint density at radius 3 is 3.27 bits per heavy atom. The van der Waals surface area contributed by atoms with Gasteiger partial charge >= 0.3 is 5.97 Å². The maximum absolute atomic E-state index is 11.4. The van der Waals surface area contributed by atoms with Gasteiger partial charge in [0.05, 0.1) is 7.11 Å². The molecule has 5 nitrogen and oxygen atoms in total. The number of rotatable bonds is 2. The normalized spacial score (nSPS) is 21.3. The maximum atomic E-state index is 11.4. The van der Waals surface area contributed by atoms with Crippen LogP contribution in [-0.2, 0) is 4.74 Å². The number of hydrogen-bond donors (Lipinski definition) is 1. The molecule has 0 aromatic carbocycles. The molecule has 1 fully saturated rings. The standard InChI is InChI=1S/C10H14N2O3/c1-14-10(13)8-9(15-6-12-8)7-3-2-4-11-5-7/h6-7,11H,2-5H2,1H3. The molecule has 15 heavy (non-hydrogen) atoms. The molecule has 1 saturated heterocycles. The molecule has 1 aliphatic heterocycles. The van der Waals surface area contributed by atoms with Crippen molar-refractivity contribution in [1.82, 2.24) is 10.3 Å². The average Bonchev–Trinajstić information content (AvgIpc) is 2.78. The van der Waals surface area contributed by atoms with Crippen molar-refractivity contribution in [3.63, 3.8) is 0 Å². The number of ether oxygens (including phenoxy) is 1. The molecule has 5 heteroatoms. The number of oxazole rings is 1. The van der Waals surface area contributed by atoms with Gasteiger partial charge in [-0.05, 0) is 19.4 Å². The Labute approximate surface area is 87.8 Å². The summed E-state index contributed by atoms with van der Waals surface area (Å²) in [6.45, 7) is 1.86. The third-order valence-corrected chi connectivity index (χ3v) is 2.64. The van der Waals surface area contributed by atoms with Crippen LogP contribution in [0.1, 0.15) is 35.0 Å². The fourth-order valence-corrected chi connectivity index (χ4v) is 1.87. The van der Waals surface area contributed by atoms with Gasteiger partial charge in [-0.15, -0.1) is 0 Å². The first kappa shape index (κ1) is 10.2. The number of carbonyl (C=O) groups is 1. The third kappa shape index (κ3) is 2.02. The van der Waals surface area contributed by atoms with Gasteiger partial charge in [0.1, 0.15) is 5.76 Å². The van der Waals surface area contributed by atoms with Crippen LogP contribution in [0.3, 0.4) is 0 Å². The third-order valence-electron chi connectivity index (χ3n) is 2.64. The molecular weight excluding hydrogens is 196 g/mol. The monoisotopic (exact) mass is 210 g/mol. The summed E-state index contributed by atoms with van der Waals surface area (Å²) in [5.74, 6) is 0.453. The zero-order valence-electron chi connectivity index (χ0n) is 8.66. The van der Waals surface area contributed by atoms with Crippen LogP contribution in [-0.4, -0.2) is 31.2 Å². The van der Waals surface area contributed by atoms with E-state index in [1.54, 1.807) is 0 Å². The van der Waals surface area contributed by atoms with Crippen LogP contribution in [0.5, 0.6) is 0 Å². The van der Waals surface area contributed by atoms with E-state index in [0.29, 0.717) is 11.5 Å². The number of esters is 1. The SMILES string of the molecule is COC(=O)c1ncoc1C1CCCNC1. The highest BCUT2D eigenvalue weighted by Gasteiger charge is 2.26. The molecule has 0 radical (unpaired) electrons. The lowest BCUT2D eigenvalue weighted by Gasteiger charge is -2.20. The van der Waals surface area contributed by atoms with Crippen LogP contribution in [0.4, 0.5) is 0 Å². The molecule has 2 rings (SSSR count). The van der Waals surface area contributed by atoms with Gasteiger partial charge in [0, 0.05) is 12.5 Å². The summed E-state index contributed by atoms with van der Waals surface area (Å²) >= 11 is 0. The Balaban J connectivity index is 2.19. The summed E-state index contributed by atoms with van der Waals surface area (Å²) in [5.41, 5.74) is 0.311. The van der Waals surface area contributed by atoms with Crippen molar-refractivity contribution in [1.29, 1.82) is 0 Å². The Kier molecular flexibility index (Phi) is 3.01. The van der Waals surface area contributed by atoms with Crippen molar-refractivity contribution in [3.05, 3.63) is 17.8 Å². The summed E-state index contributed by atoms with van der Waals surface area (Å²) in [7, 11) is 1.35. The number of aromatic nitrogens is 1. The van der Waals surface area contributed by atoms with Crippen LogP contribution in [0.2, 0.25) is 0 Å². The second-order valence-corrected chi connectivity index (χ2v) is 3.60. The van der Waals surface area contributed by atoms with Gasteiger partial charge in [-0.25, -0.2) is 9.78 Å². The van der Waals surface area contributed by atoms with Gasteiger partial charge in [-0.3, -0.25) is 0 Å². The van der Waals surface area contributed by atoms with Crippen LogP contribution < -0.4 is 5.32 Å². The minimum absolute atomic E-state index is 0.232. The van der Waals surface area contributed by atoms with E-state index in [-0.39, 0.29) is 5.92 Å². The smallest absolute Gasteiger partial charge is 0.360 e. The van der Waals surface area contributed by atoms with Crippen LogP contribution in [0, 0.1) is 0 Å². The fourth-order valence-electron chi connectivity index (χ4n) is 1.87. The predicted molar refractivity (Wildman–Crippen MR) is 52.7 cm³/mol. The fraction of sp³-hybridized carbons (Fsp3) is 0.600. The van der Waals surface area contributed by atoms with E-state index in [4.69, 9.17) is 4.42 Å². The lowest BCUT2D eigenvalue weighted by atomic mass is 9.96. The lowest BCUT2D eigenvalue weighted by Crippen LogP contribution is -2.29. The van der Waals surface area contributed by atoms with E-state index in [1.165, 1.54) is 13.5 Å². The van der Waals surface area contributed by atoms with Gasteiger partial charge in [0.25, 0.3) is 0 Å². The second kappa shape index (κ2) is 4.44. The summed E-state index contributed by atoms with van der Waals surface area (Å²) in [6.07, 6.45) is 3.41. The van der Waals surface area contributed by atoms with E-state index in [0.717, 1.165) is 25.9 Å². The summed E-state index contributed by atoms with van der Waals surface area (Å²) in [4.78, 5) is 15.3. The van der Waals surface area contributed by atoms with Gasteiger partial charge in [-0.2, -0.15) is 0 Å². The first-order valence-electron chi connectivity index (χ1n) is 5.05. The topological polar surface area (TPSA) is 64.4 Å². The number of hydrogen-bond acceptors (Lipinski definition) is 5. The number of piperidine rings is 1. The molecule has 0 bridgehead atoms. The molecule has 2 heterocycles. The van der Waals surface area contributed by atoms with Gasteiger partial charge in [0.2, 0.25) is 0 Å². The summed E-state index contributed by atoms with van der Waals surface area (Å²) in [5, 5.41) is 3.27. The quantitative estimate of drug-likeness (QED) is 0.735. The zero-order valence-corrected chi connectivity index (χ0v) is 8.66. The number of nitrogens with zero attached hydrogens (tertiary/aromatic N) is 1. The Hall–Kier alpha value is -1.36. The minimum atomic E-state index is -0.427. The van der Waals surface area contributed by atoms with Crippen molar-refractivity contribution in [3.8, 4) is 0 Å². The van der Waals surface area contributed by atoms with E-state index >= 15 is 0 Å². The van der Waals surface area contributed by atoms with Crippen molar-refractivity contribution in [2.75, 3.05) is 20.2 Å². The first-order chi connectivity index (χ1) is 7.33. The highest BCUT2D eigenvalue weighted by molar-refractivity contribution is 5.88. The second-order valence-electron chi connectivity index (χ2n) is 3.60.